The van der Waals surface area contributed by atoms with Crippen LogP contribution < -0.4 is 10.1 Å². The van der Waals surface area contributed by atoms with Crippen molar-refractivity contribution in [2.75, 3.05) is 5.32 Å². The maximum Gasteiger partial charge on any atom is 0.416 e. The number of halogens is 3. The van der Waals surface area contributed by atoms with Crippen molar-refractivity contribution in [3.8, 4) is 5.75 Å². The van der Waals surface area contributed by atoms with E-state index in [-0.39, 0.29) is 6.54 Å². The zero-order valence-electron chi connectivity index (χ0n) is 13.7. The van der Waals surface area contributed by atoms with E-state index >= 15 is 0 Å². The first-order valence-electron chi connectivity index (χ1n) is 7.67. The standard InChI is InChI=1S/C18H14F3N3O2/c1-11(25)26-15-7-3-6-14-16(15)23-10-24-17(14)22-9-12-4-2-5-13(8-12)18(19,20)21/h2-8,10H,9H2,1H3,(H,22,23,24). The Labute approximate surface area is 146 Å². The third-order valence-electron chi connectivity index (χ3n) is 3.60. The zero-order chi connectivity index (χ0) is 18.7. The molecule has 0 saturated heterocycles. The average molecular weight is 361 g/mol. The number of rotatable bonds is 4. The van der Waals surface area contributed by atoms with Crippen LogP contribution in [0, 0.1) is 0 Å². The van der Waals surface area contributed by atoms with E-state index in [9.17, 15) is 18.0 Å². The summed E-state index contributed by atoms with van der Waals surface area (Å²) < 4.78 is 43.5. The van der Waals surface area contributed by atoms with Gasteiger partial charge in [0.2, 0.25) is 0 Å². The topological polar surface area (TPSA) is 64.1 Å². The molecule has 0 amide bonds. The molecule has 5 nitrogen and oxygen atoms in total. The van der Waals surface area contributed by atoms with Crippen molar-refractivity contribution in [1.29, 1.82) is 0 Å². The maximum absolute atomic E-state index is 12.8. The Bertz CT molecular complexity index is 958. The van der Waals surface area contributed by atoms with E-state index in [1.54, 1.807) is 24.3 Å². The van der Waals surface area contributed by atoms with Crippen LogP contribution in [0.3, 0.4) is 0 Å². The number of hydrogen-bond donors (Lipinski definition) is 1. The number of hydrogen-bond acceptors (Lipinski definition) is 5. The zero-order valence-corrected chi connectivity index (χ0v) is 13.7. The van der Waals surface area contributed by atoms with E-state index in [0.717, 1.165) is 12.1 Å². The van der Waals surface area contributed by atoms with Gasteiger partial charge in [-0.25, -0.2) is 9.97 Å². The number of para-hydroxylation sites is 1. The van der Waals surface area contributed by atoms with Crippen LogP contribution in [0.15, 0.2) is 48.8 Å². The number of carbonyl (C=O) groups is 1. The number of esters is 1. The lowest BCUT2D eigenvalue weighted by atomic mass is 10.1. The first-order valence-corrected chi connectivity index (χ1v) is 7.67. The predicted octanol–water partition coefficient (Wildman–Crippen LogP) is 4.19. The summed E-state index contributed by atoms with van der Waals surface area (Å²) in [7, 11) is 0. The molecule has 1 heterocycles. The molecule has 8 heteroatoms. The van der Waals surface area contributed by atoms with Gasteiger partial charge in [0.1, 0.15) is 17.7 Å². The molecule has 2 aromatic carbocycles. The lowest BCUT2D eigenvalue weighted by Crippen LogP contribution is -2.08. The molecule has 1 N–H and O–H groups in total. The first-order chi connectivity index (χ1) is 12.3. The Morgan fingerprint density at radius 2 is 1.92 bits per heavy atom. The molecule has 0 saturated carbocycles. The molecule has 3 aromatic rings. The summed E-state index contributed by atoms with van der Waals surface area (Å²) in [5.74, 6) is 0.246. The van der Waals surface area contributed by atoms with Crippen LogP contribution in [0.2, 0.25) is 0 Å². The highest BCUT2D eigenvalue weighted by Crippen LogP contribution is 2.30. The van der Waals surface area contributed by atoms with E-state index in [1.807, 2.05) is 0 Å². The molecule has 26 heavy (non-hydrogen) atoms. The van der Waals surface area contributed by atoms with Gasteiger partial charge in [0.15, 0.2) is 5.75 Å². The summed E-state index contributed by atoms with van der Waals surface area (Å²) in [5, 5.41) is 3.60. The van der Waals surface area contributed by atoms with Crippen molar-refractivity contribution < 1.29 is 22.7 Å². The molecule has 0 unspecified atom stereocenters. The van der Waals surface area contributed by atoms with E-state index in [2.05, 4.69) is 15.3 Å². The number of aromatic nitrogens is 2. The minimum absolute atomic E-state index is 0.147. The number of fused-ring (bicyclic) bond motifs is 1. The molecule has 0 aliphatic carbocycles. The number of nitrogens with one attached hydrogen (secondary N) is 1. The lowest BCUT2D eigenvalue weighted by Gasteiger charge is -2.12. The molecule has 134 valence electrons. The highest BCUT2D eigenvalue weighted by molar-refractivity contribution is 5.93. The fourth-order valence-corrected chi connectivity index (χ4v) is 2.48. The Balaban J connectivity index is 1.87. The third-order valence-corrected chi connectivity index (χ3v) is 3.60. The molecule has 0 bridgehead atoms. The second kappa shape index (κ2) is 6.99. The molecule has 3 rings (SSSR count). The lowest BCUT2D eigenvalue weighted by molar-refractivity contribution is -0.137. The van der Waals surface area contributed by atoms with Crippen LogP contribution in [-0.4, -0.2) is 15.9 Å². The Kier molecular flexibility index (Phi) is 4.75. The number of ether oxygens (including phenoxy) is 1. The molecule has 0 fully saturated rings. The maximum atomic E-state index is 12.8. The van der Waals surface area contributed by atoms with Gasteiger partial charge in [-0.2, -0.15) is 13.2 Å². The summed E-state index contributed by atoms with van der Waals surface area (Å²) in [4.78, 5) is 19.4. The van der Waals surface area contributed by atoms with Gasteiger partial charge < -0.3 is 10.1 Å². The quantitative estimate of drug-likeness (QED) is 0.558. The second-order valence-electron chi connectivity index (χ2n) is 5.52. The number of alkyl halides is 3. The second-order valence-corrected chi connectivity index (χ2v) is 5.52. The van der Waals surface area contributed by atoms with E-state index in [4.69, 9.17) is 4.74 Å². The largest absolute Gasteiger partial charge is 0.424 e. The van der Waals surface area contributed by atoms with Gasteiger partial charge in [0.05, 0.1) is 5.56 Å². The van der Waals surface area contributed by atoms with Crippen molar-refractivity contribution in [2.24, 2.45) is 0 Å². The van der Waals surface area contributed by atoms with Gasteiger partial charge in [0.25, 0.3) is 0 Å². The van der Waals surface area contributed by atoms with Gasteiger partial charge >= 0.3 is 12.1 Å². The number of anilines is 1. The summed E-state index contributed by atoms with van der Waals surface area (Å²) in [5.41, 5.74) is 0.188. The molecule has 0 aliphatic rings. The summed E-state index contributed by atoms with van der Waals surface area (Å²) >= 11 is 0. The first kappa shape index (κ1) is 17.7. The molecule has 0 atom stereocenters. The normalized spacial score (nSPS) is 11.4. The van der Waals surface area contributed by atoms with Gasteiger partial charge in [-0.05, 0) is 29.8 Å². The highest BCUT2D eigenvalue weighted by atomic mass is 19.4. The summed E-state index contributed by atoms with van der Waals surface area (Å²) in [6.07, 6.45) is -3.10. The van der Waals surface area contributed by atoms with Crippen molar-refractivity contribution in [2.45, 2.75) is 19.6 Å². The van der Waals surface area contributed by atoms with Crippen LogP contribution in [0.5, 0.6) is 5.75 Å². The molecule has 0 aliphatic heterocycles. The van der Waals surface area contributed by atoms with Crippen LogP contribution >= 0.6 is 0 Å². The van der Waals surface area contributed by atoms with Crippen LogP contribution in [0.1, 0.15) is 18.1 Å². The Hall–Kier alpha value is -3.16. The molecular weight excluding hydrogens is 347 g/mol. The van der Waals surface area contributed by atoms with Crippen LogP contribution in [0.25, 0.3) is 10.9 Å². The van der Waals surface area contributed by atoms with Gasteiger partial charge in [-0.15, -0.1) is 0 Å². The fraction of sp³-hybridized carbons (Fsp3) is 0.167. The average Bonchev–Trinajstić information content (AvgIpc) is 2.59. The van der Waals surface area contributed by atoms with Crippen molar-refractivity contribution in [1.82, 2.24) is 9.97 Å². The summed E-state index contributed by atoms with van der Waals surface area (Å²) in [6.45, 7) is 1.43. The molecule has 0 spiro atoms. The third kappa shape index (κ3) is 3.90. The molecular formula is C18H14F3N3O2. The SMILES string of the molecule is CC(=O)Oc1cccc2c(NCc3cccc(C(F)(F)F)c3)ncnc12. The molecule has 0 radical (unpaired) electrons. The van der Waals surface area contributed by atoms with Crippen molar-refractivity contribution in [3.05, 3.63) is 59.9 Å². The highest BCUT2D eigenvalue weighted by Gasteiger charge is 2.30. The van der Waals surface area contributed by atoms with Gasteiger partial charge in [0, 0.05) is 18.9 Å². The van der Waals surface area contributed by atoms with Crippen molar-refractivity contribution >= 4 is 22.7 Å². The minimum Gasteiger partial charge on any atom is -0.424 e. The fourth-order valence-electron chi connectivity index (χ4n) is 2.48. The van der Waals surface area contributed by atoms with Gasteiger partial charge in [-0.1, -0.05) is 18.2 Å². The van der Waals surface area contributed by atoms with Crippen molar-refractivity contribution in [3.63, 3.8) is 0 Å². The number of benzene rings is 2. The predicted molar refractivity (Wildman–Crippen MR) is 89.6 cm³/mol. The van der Waals surface area contributed by atoms with E-state index in [0.29, 0.717) is 28.0 Å². The smallest absolute Gasteiger partial charge is 0.416 e. The summed E-state index contributed by atoms with van der Waals surface area (Å²) in [6, 6.07) is 10.1. The van der Waals surface area contributed by atoms with Crippen LogP contribution in [-0.2, 0) is 17.5 Å². The molecule has 1 aromatic heterocycles. The van der Waals surface area contributed by atoms with Crippen LogP contribution in [0.4, 0.5) is 19.0 Å². The van der Waals surface area contributed by atoms with E-state index in [1.165, 1.54) is 19.3 Å². The Morgan fingerprint density at radius 3 is 2.65 bits per heavy atom. The monoisotopic (exact) mass is 361 g/mol. The number of nitrogens with zero attached hydrogens (tertiary/aromatic N) is 2. The number of carbonyl (C=O) groups excluding carboxylic acids is 1. The van der Waals surface area contributed by atoms with E-state index < -0.39 is 17.7 Å². The Morgan fingerprint density at radius 1 is 1.15 bits per heavy atom. The van der Waals surface area contributed by atoms with Gasteiger partial charge in [-0.3, -0.25) is 4.79 Å². The minimum atomic E-state index is -4.39.